The first-order valence-electron chi connectivity index (χ1n) is 8.88. The smallest absolute Gasteiger partial charge is 0.316 e. The molecule has 0 bridgehead atoms. The molecule has 1 aliphatic rings. The zero-order valence-electron chi connectivity index (χ0n) is 15.0. The molecule has 0 saturated carbocycles. The van der Waals surface area contributed by atoms with Gasteiger partial charge in [-0.15, -0.1) is 0 Å². The molecule has 1 unspecified atom stereocenters. The maximum absolute atomic E-state index is 12.4. The lowest BCUT2D eigenvalue weighted by atomic mass is 10.1. The summed E-state index contributed by atoms with van der Waals surface area (Å²) in [5.41, 5.74) is 0. The van der Waals surface area contributed by atoms with Gasteiger partial charge in [-0.25, -0.2) is 4.98 Å². The topological polar surface area (TPSA) is 81.9 Å². The fourth-order valence-electron chi connectivity index (χ4n) is 2.98. The highest BCUT2D eigenvalue weighted by Gasteiger charge is 2.35. The molecule has 142 valence electrons. The van der Waals surface area contributed by atoms with Gasteiger partial charge in [0, 0.05) is 25.2 Å². The minimum absolute atomic E-state index is 0.0857. The van der Waals surface area contributed by atoms with E-state index in [0.717, 1.165) is 0 Å². The van der Waals surface area contributed by atoms with Gasteiger partial charge in [0.1, 0.15) is 17.3 Å². The Labute approximate surface area is 161 Å². The van der Waals surface area contributed by atoms with Gasteiger partial charge < -0.3 is 18.8 Å². The molecule has 7 heteroatoms. The molecule has 3 heterocycles. The van der Waals surface area contributed by atoms with Crippen molar-refractivity contribution in [2.45, 2.75) is 13.0 Å². The first-order valence-corrected chi connectivity index (χ1v) is 8.88. The Bertz CT molecular complexity index is 939. The highest BCUT2D eigenvalue weighted by atomic mass is 16.5. The third-order valence-corrected chi connectivity index (χ3v) is 4.38. The van der Waals surface area contributed by atoms with Crippen LogP contribution in [-0.4, -0.2) is 28.3 Å². The summed E-state index contributed by atoms with van der Waals surface area (Å²) in [6.07, 6.45) is 3.34. The molecular weight excluding hydrogens is 360 g/mol. The van der Waals surface area contributed by atoms with Gasteiger partial charge in [0.05, 0.1) is 18.7 Å². The minimum Gasteiger partial charge on any atom is -0.467 e. The second-order valence-electron chi connectivity index (χ2n) is 6.42. The number of aromatic nitrogens is 1. The fourth-order valence-corrected chi connectivity index (χ4v) is 2.98. The van der Waals surface area contributed by atoms with E-state index in [-0.39, 0.29) is 12.3 Å². The van der Waals surface area contributed by atoms with E-state index < -0.39 is 11.9 Å². The number of benzene rings is 1. The molecule has 1 fully saturated rings. The highest BCUT2D eigenvalue weighted by Crippen LogP contribution is 2.25. The molecule has 1 atom stereocenters. The number of rotatable bonds is 6. The van der Waals surface area contributed by atoms with Gasteiger partial charge in [-0.05, 0) is 42.5 Å². The number of esters is 1. The van der Waals surface area contributed by atoms with Gasteiger partial charge >= 0.3 is 5.97 Å². The van der Waals surface area contributed by atoms with Crippen LogP contribution in [0.2, 0.25) is 0 Å². The second kappa shape index (κ2) is 7.96. The zero-order valence-corrected chi connectivity index (χ0v) is 15.0. The lowest BCUT2D eigenvalue weighted by Crippen LogP contribution is -2.27. The number of hydrogen-bond donors (Lipinski definition) is 0. The van der Waals surface area contributed by atoms with Gasteiger partial charge in [-0.3, -0.25) is 9.59 Å². The predicted octanol–water partition coefficient (Wildman–Crippen LogP) is 3.42. The van der Waals surface area contributed by atoms with Gasteiger partial charge in [-0.1, -0.05) is 6.07 Å². The number of furan rings is 1. The summed E-state index contributed by atoms with van der Waals surface area (Å²) < 4.78 is 16.3. The molecule has 1 aromatic carbocycles. The van der Waals surface area contributed by atoms with Crippen molar-refractivity contribution < 1.29 is 23.5 Å². The van der Waals surface area contributed by atoms with E-state index in [9.17, 15) is 9.59 Å². The summed E-state index contributed by atoms with van der Waals surface area (Å²) in [6, 6.07) is 15.6. The molecule has 0 aliphatic carbocycles. The van der Waals surface area contributed by atoms with Gasteiger partial charge in [0.15, 0.2) is 0 Å². The Hall–Kier alpha value is -3.61. The molecule has 1 saturated heterocycles. The van der Waals surface area contributed by atoms with Crippen LogP contribution in [-0.2, 0) is 16.1 Å². The average molecular weight is 378 g/mol. The van der Waals surface area contributed by atoms with Crippen LogP contribution in [0, 0.1) is 5.92 Å². The van der Waals surface area contributed by atoms with Crippen LogP contribution in [0.5, 0.6) is 17.4 Å². The molecular formula is C21H18N2O5. The third-order valence-electron chi connectivity index (χ3n) is 4.38. The van der Waals surface area contributed by atoms with E-state index in [1.807, 2.05) is 6.07 Å². The van der Waals surface area contributed by atoms with Crippen LogP contribution in [0.3, 0.4) is 0 Å². The Morgan fingerprint density at radius 1 is 1.11 bits per heavy atom. The third kappa shape index (κ3) is 4.20. The quantitative estimate of drug-likeness (QED) is 0.483. The molecule has 0 N–H and O–H groups in total. The van der Waals surface area contributed by atoms with Crippen molar-refractivity contribution in [1.29, 1.82) is 0 Å². The summed E-state index contributed by atoms with van der Waals surface area (Å²) in [5.74, 6) is 1.15. The van der Waals surface area contributed by atoms with Gasteiger partial charge in [0.2, 0.25) is 11.8 Å². The van der Waals surface area contributed by atoms with E-state index in [1.165, 1.54) is 0 Å². The van der Waals surface area contributed by atoms with E-state index in [2.05, 4.69) is 4.98 Å². The van der Waals surface area contributed by atoms with Crippen molar-refractivity contribution >= 4 is 11.9 Å². The van der Waals surface area contributed by atoms with E-state index in [4.69, 9.17) is 13.9 Å². The molecule has 3 aromatic rings. The average Bonchev–Trinajstić information content (AvgIpc) is 3.35. The van der Waals surface area contributed by atoms with Crippen LogP contribution in [0.1, 0.15) is 12.2 Å². The predicted molar refractivity (Wildman–Crippen MR) is 98.6 cm³/mol. The normalized spacial score (nSPS) is 16.2. The number of pyridine rings is 1. The van der Waals surface area contributed by atoms with Crippen molar-refractivity contribution in [2.24, 2.45) is 5.92 Å². The van der Waals surface area contributed by atoms with Crippen molar-refractivity contribution in [1.82, 2.24) is 9.88 Å². The fraction of sp³-hybridized carbons (Fsp3) is 0.190. The first-order chi connectivity index (χ1) is 13.7. The summed E-state index contributed by atoms with van der Waals surface area (Å²) >= 11 is 0. The zero-order chi connectivity index (χ0) is 19.3. The number of carbonyl (C=O) groups excluding carboxylic acids is 2. The minimum atomic E-state index is -0.494. The molecule has 4 rings (SSSR count). The second-order valence-corrected chi connectivity index (χ2v) is 6.42. The maximum Gasteiger partial charge on any atom is 0.316 e. The van der Waals surface area contributed by atoms with E-state index in [1.54, 1.807) is 65.9 Å². The van der Waals surface area contributed by atoms with Crippen LogP contribution >= 0.6 is 0 Å². The molecule has 1 amide bonds. The lowest BCUT2D eigenvalue weighted by Gasteiger charge is -2.14. The van der Waals surface area contributed by atoms with E-state index >= 15 is 0 Å². The molecule has 0 radical (unpaired) electrons. The number of hydrogen-bond acceptors (Lipinski definition) is 6. The molecule has 28 heavy (non-hydrogen) atoms. The van der Waals surface area contributed by atoms with Crippen LogP contribution < -0.4 is 9.47 Å². The Kier molecular flexibility index (Phi) is 5.05. The van der Waals surface area contributed by atoms with Gasteiger partial charge in [-0.2, -0.15) is 0 Å². The Morgan fingerprint density at radius 2 is 1.93 bits per heavy atom. The lowest BCUT2D eigenvalue weighted by molar-refractivity contribution is -0.139. The molecule has 7 nitrogen and oxygen atoms in total. The number of nitrogens with zero attached hydrogens (tertiary/aromatic N) is 2. The number of likely N-dealkylation sites (tertiary alicyclic amines) is 1. The SMILES string of the molecule is O=C(Oc1ccc(Oc2ccccn2)cc1)C1CC(=O)N(Cc2ccco2)C1. The number of carbonyl (C=O) groups is 2. The van der Waals surface area contributed by atoms with E-state index in [0.29, 0.717) is 36.2 Å². The summed E-state index contributed by atoms with van der Waals surface area (Å²) in [6.45, 7) is 0.675. The van der Waals surface area contributed by atoms with Crippen LogP contribution in [0.4, 0.5) is 0 Å². The standard InChI is InChI=1S/C21H18N2O5/c24-20-12-15(13-23(20)14-18-4-3-11-26-18)21(25)28-17-8-6-16(7-9-17)27-19-5-1-2-10-22-19/h1-11,15H,12-14H2. The number of ether oxygens (including phenoxy) is 2. The highest BCUT2D eigenvalue weighted by molar-refractivity contribution is 5.87. The Balaban J connectivity index is 1.33. The maximum atomic E-state index is 12.4. The van der Waals surface area contributed by atoms with Crippen molar-refractivity contribution in [3.8, 4) is 17.4 Å². The molecule has 0 spiro atoms. The van der Waals surface area contributed by atoms with Gasteiger partial charge in [0.25, 0.3) is 0 Å². The molecule has 1 aliphatic heterocycles. The van der Waals surface area contributed by atoms with Crippen molar-refractivity contribution in [2.75, 3.05) is 6.54 Å². The van der Waals surface area contributed by atoms with Crippen LogP contribution in [0.15, 0.2) is 71.5 Å². The van der Waals surface area contributed by atoms with Crippen molar-refractivity contribution in [3.05, 3.63) is 72.8 Å². The Morgan fingerprint density at radius 3 is 2.64 bits per heavy atom. The summed E-state index contributed by atoms with van der Waals surface area (Å²) in [4.78, 5) is 30.3. The summed E-state index contributed by atoms with van der Waals surface area (Å²) in [5, 5.41) is 0. The monoisotopic (exact) mass is 378 g/mol. The molecule has 2 aromatic heterocycles. The summed E-state index contributed by atoms with van der Waals surface area (Å²) in [7, 11) is 0. The first kappa shape index (κ1) is 17.8. The van der Waals surface area contributed by atoms with Crippen molar-refractivity contribution in [3.63, 3.8) is 0 Å². The number of amides is 1. The largest absolute Gasteiger partial charge is 0.467 e. The van der Waals surface area contributed by atoms with Crippen LogP contribution in [0.25, 0.3) is 0 Å².